The van der Waals surface area contributed by atoms with Gasteiger partial charge in [-0.25, -0.2) is 9.97 Å². The molecule has 0 unspecified atom stereocenters. The van der Waals surface area contributed by atoms with Crippen molar-refractivity contribution in [2.45, 2.75) is 13.8 Å². The summed E-state index contributed by atoms with van der Waals surface area (Å²) in [4.78, 5) is 20.7. The third-order valence-electron chi connectivity index (χ3n) is 3.89. The lowest BCUT2D eigenvalue weighted by molar-refractivity contribution is 0.102. The molecule has 3 aromatic rings. The number of carbonyl (C=O) groups is 1. The molecule has 1 amide bonds. The number of amides is 1. The molecule has 25 heavy (non-hydrogen) atoms. The Hall–Kier alpha value is -2.92. The van der Waals surface area contributed by atoms with Gasteiger partial charge in [0.1, 0.15) is 17.8 Å². The van der Waals surface area contributed by atoms with E-state index in [0.717, 1.165) is 16.8 Å². The van der Waals surface area contributed by atoms with Crippen LogP contribution in [0.3, 0.4) is 0 Å². The van der Waals surface area contributed by atoms with E-state index in [1.54, 1.807) is 12.1 Å². The molecular formula is C19H17ClN4O. The van der Waals surface area contributed by atoms with Crippen molar-refractivity contribution in [1.29, 1.82) is 0 Å². The van der Waals surface area contributed by atoms with E-state index in [2.05, 4.69) is 20.6 Å². The van der Waals surface area contributed by atoms with E-state index in [1.807, 2.05) is 50.2 Å². The first-order valence-electron chi connectivity index (χ1n) is 7.76. The smallest absolute Gasteiger partial charge is 0.274 e. The van der Waals surface area contributed by atoms with E-state index in [4.69, 9.17) is 11.6 Å². The molecule has 0 aliphatic heterocycles. The van der Waals surface area contributed by atoms with Gasteiger partial charge in [0.2, 0.25) is 0 Å². The molecule has 0 atom stereocenters. The maximum atomic E-state index is 12.5. The van der Waals surface area contributed by atoms with E-state index >= 15 is 0 Å². The topological polar surface area (TPSA) is 66.9 Å². The monoisotopic (exact) mass is 352 g/mol. The summed E-state index contributed by atoms with van der Waals surface area (Å²) < 4.78 is 0. The number of nitrogens with one attached hydrogen (secondary N) is 2. The quantitative estimate of drug-likeness (QED) is 0.711. The van der Waals surface area contributed by atoms with Crippen molar-refractivity contribution < 1.29 is 4.79 Å². The Kier molecular flexibility index (Phi) is 4.95. The van der Waals surface area contributed by atoms with Gasteiger partial charge in [0.05, 0.1) is 10.7 Å². The maximum absolute atomic E-state index is 12.5. The number of rotatable bonds is 4. The highest BCUT2D eigenvalue weighted by Gasteiger charge is 2.11. The van der Waals surface area contributed by atoms with Crippen LogP contribution in [0.2, 0.25) is 5.02 Å². The lowest BCUT2D eigenvalue weighted by Gasteiger charge is -2.11. The summed E-state index contributed by atoms with van der Waals surface area (Å²) in [6.45, 7) is 3.97. The standard InChI is InChI=1S/C19H17ClN4O/c1-12-6-5-9-15(13(12)2)24-19(25)17-10-18(22-11-21-17)23-16-8-4-3-7-14(16)20/h3-11H,1-2H3,(H,24,25)(H,21,22,23). The summed E-state index contributed by atoms with van der Waals surface area (Å²) >= 11 is 6.13. The molecule has 2 N–H and O–H groups in total. The lowest BCUT2D eigenvalue weighted by Crippen LogP contribution is -2.15. The van der Waals surface area contributed by atoms with Gasteiger partial charge in [-0.05, 0) is 43.2 Å². The van der Waals surface area contributed by atoms with Crippen LogP contribution in [0.25, 0.3) is 0 Å². The zero-order valence-electron chi connectivity index (χ0n) is 13.9. The first kappa shape index (κ1) is 16.9. The van der Waals surface area contributed by atoms with Crippen LogP contribution in [-0.4, -0.2) is 15.9 Å². The highest BCUT2D eigenvalue weighted by Crippen LogP contribution is 2.24. The van der Waals surface area contributed by atoms with Gasteiger partial charge in [0.25, 0.3) is 5.91 Å². The zero-order valence-corrected chi connectivity index (χ0v) is 14.6. The van der Waals surface area contributed by atoms with Crippen LogP contribution in [0, 0.1) is 13.8 Å². The summed E-state index contributed by atoms with van der Waals surface area (Å²) in [5.74, 6) is 0.201. The molecule has 0 saturated heterocycles. The second kappa shape index (κ2) is 7.32. The molecule has 0 saturated carbocycles. The number of hydrogen-bond donors (Lipinski definition) is 2. The average molecular weight is 353 g/mol. The third kappa shape index (κ3) is 3.95. The van der Waals surface area contributed by atoms with Gasteiger partial charge in [-0.1, -0.05) is 35.9 Å². The van der Waals surface area contributed by atoms with Crippen molar-refractivity contribution in [3.63, 3.8) is 0 Å². The molecule has 0 radical (unpaired) electrons. The lowest BCUT2D eigenvalue weighted by atomic mass is 10.1. The number of hydrogen-bond acceptors (Lipinski definition) is 4. The Morgan fingerprint density at radius 2 is 1.76 bits per heavy atom. The number of aryl methyl sites for hydroxylation is 1. The molecule has 3 rings (SSSR count). The number of anilines is 3. The molecule has 2 aromatic carbocycles. The molecule has 0 spiro atoms. The zero-order chi connectivity index (χ0) is 17.8. The Bertz CT molecular complexity index is 927. The fourth-order valence-corrected chi connectivity index (χ4v) is 2.51. The van der Waals surface area contributed by atoms with Crippen LogP contribution in [-0.2, 0) is 0 Å². The summed E-state index contributed by atoms with van der Waals surface area (Å²) in [6, 6.07) is 14.7. The van der Waals surface area contributed by atoms with Crippen LogP contribution in [0.15, 0.2) is 54.9 Å². The van der Waals surface area contributed by atoms with Crippen molar-refractivity contribution in [2.24, 2.45) is 0 Å². The molecule has 1 aromatic heterocycles. The number of para-hydroxylation sites is 1. The summed E-state index contributed by atoms with van der Waals surface area (Å²) in [5, 5.41) is 6.55. The average Bonchev–Trinajstić information content (AvgIpc) is 2.61. The molecule has 0 bridgehead atoms. The number of aromatic nitrogens is 2. The molecule has 5 nitrogen and oxygen atoms in total. The minimum Gasteiger partial charge on any atom is -0.339 e. The minimum absolute atomic E-state index is 0.269. The number of nitrogens with zero attached hydrogens (tertiary/aromatic N) is 2. The normalized spacial score (nSPS) is 10.4. The van der Waals surface area contributed by atoms with Crippen molar-refractivity contribution in [3.8, 4) is 0 Å². The van der Waals surface area contributed by atoms with Crippen molar-refractivity contribution in [1.82, 2.24) is 9.97 Å². The number of carbonyl (C=O) groups excluding carboxylic acids is 1. The SMILES string of the molecule is Cc1cccc(NC(=O)c2cc(Nc3ccccc3Cl)ncn2)c1C. The Morgan fingerprint density at radius 1 is 1.00 bits per heavy atom. The van der Waals surface area contributed by atoms with E-state index in [-0.39, 0.29) is 11.6 Å². The van der Waals surface area contributed by atoms with Crippen LogP contribution in [0.4, 0.5) is 17.2 Å². The Balaban J connectivity index is 1.80. The predicted octanol–water partition coefficient (Wildman–Crippen LogP) is 4.74. The summed E-state index contributed by atoms with van der Waals surface area (Å²) in [7, 11) is 0. The van der Waals surface area contributed by atoms with E-state index in [1.165, 1.54) is 6.33 Å². The summed E-state index contributed by atoms with van der Waals surface area (Å²) in [5.41, 5.74) is 3.89. The van der Waals surface area contributed by atoms with Gasteiger partial charge in [-0.3, -0.25) is 4.79 Å². The van der Waals surface area contributed by atoms with Crippen LogP contribution in [0.5, 0.6) is 0 Å². The predicted molar refractivity (Wildman–Crippen MR) is 101 cm³/mol. The minimum atomic E-state index is -0.293. The van der Waals surface area contributed by atoms with Crippen LogP contribution in [0.1, 0.15) is 21.6 Å². The van der Waals surface area contributed by atoms with Crippen LogP contribution >= 0.6 is 11.6 Å². The Labute approximate surface area is 151 Å². The van der Waals surface area contributed by atoms with Crippen molar-refractivity contribution in [2.75, 3.05) is 10.6 Å². The van der Waals surface area contributed by atoms with Gasteiger partial charge in [-0.15, -0.1) is 0 Å². The Morgan fingerprint density at radius 3 is 2.56 bits per heavy atom. The highest BCUT2D eigenvalue weighted by atomic mass is 35.5. The number of halogens is 1. The maximum Gasteiger partial charge on any atom is 0.274 e. The second-order valence-electron chi connectivity index (χ2n) is 5.59. The fraction of sp³-hybridized carbons (Fsp3) is 0.105. The second-order valence-corrected chi connectivity index (χ2v) is 6.00. The van der Waals surface area contributed by atoms with Crippen molar-refractivity contribution in [3.05, 3.63) is 76.7 Å². The summed E-state index contributed by atoms with van der Waals surface area (Å²) in [6.07, 6.45) is 1.34. The molecular weight excluding hydrogens is 336 g/mol. The van der Waals surface area contributed by atoms with Crippen LogP contribution < -0.4 is 10.6 Å². The molecule has 0 aliphatic rings. The molecule has 0 aliphatic carbocycles. The van der Waals surface area contributed by atoms with E-state index in [9.17, 15) is 4.79 Å². The van der Waals surface area contributed by atoms with E-state index < -0.39 is 0 Å². The van der Waals surface area contributed by atoms with Gasteiger partial charge in [-0.2, -0.15) is 0 Å². The van der Waals surface area contributed by atoms with E-state index in [0.29, 0.717) is 16.5 Å². The third-order valence-corrected chi connectivity index (χ3v) is 4.22. The molecule has 0 fully saturated rings. The first-order chi connectivity index (χ1) is 12.0. The molecule has 126 valence electrons. The van der Waals surface area contributed by atoms with Gasteiger partial charge in [0, 0.05) is 11.8 Å². The highest BCUT2D eigenvalue weighted by molar-refractivity contribution is 6.33. The molecule has 6 heteroatoms. The fourth-order valence-electron chi connectivity index (χ4n) is 2.32. The number of benzene rings is 2. The largest absolute Gasteiger partial charge is 0.339 e. The van der Waals surface area contributed by atoms with Gasteiger partial charge in [0.15, 0.2) is 0 Å². The van der Waals surface area contributed by atoms with Gasteiger partial charge >= 0.3 is 0 Å². The molecule has 1 heterocycles. The van der Waals surface area contributed by atoms with Crippen molar-refractivity contribution >= 4 is 34.7 Å². The first-order valence-corrected chi connectivity index (χ1v) is 8.13. The van der Waals surface area contributed by atoms with Gasteiger partial charge < -0.3 is 10.6 Å².